The Morgan fingerprint density at radius 2 is 2.13 bits per heavy atom. The average Bonchev–Trinajstić information content (AvgIpc) is 2.26. The van der Waals surface area contributed by atoms with Crippen LogP contribution in [0.15, 0.2) is 35.3 Å². The Kier molecular flexibility index (Phi) is 5.15. The van der Waals surface area contributed by atoms with Gasteiger partial charge in [-0.2, -0.15) is 0 Å². The summed E-state index contributed by atoms with van der Waals surface area (Å²) < 4.78 is 4.78. The fraction of sp³-hybridized carbons (Fsp3) is 0.333. The highest BCUT2D eigenvalue weighted by molar-refractivity contribution is 5.79. The molecule has 0 fully saturated rings. The topological polar surface area (TPSA) is 38.7 Å². The number of carbonyl (C=O) groups excluding carboxylic acids is 1. The van der Waals surface area contributed by atoms with Crippen LogP contribution in [-0.4, -0.2) is 25.3 Å². The van der Waals surface area contributed by atoms with Crippen LogP contribution in [0.5, 0.6) is 0 Å². The standard InChI is InChI=1S/C12H15NO2/c1-2-15-12(14)8-9-13-10-11-6-4-3-5-7-11/h3-7,10H,2,8-9H2,1H3/b13-10+. The van der Waals surface area contributed by atoms with E-state index < -0.39 is 0 Å². The molecule has 0 unspecified atom stereocenters. The Hall–Kier alpha value is -1.64. The maximum atomic E-state index is 11.0. The number of hydrogen-bond acceptors (Lipinski definition) is 3. The Labute approximate surface area is 89.8 Å². The van der Waals surface area contributed by atoms with E-state index in [0.29, 0.717) is 19.6 Å². The normalized spacial score (nSPS) is 10.5. The quantitative estimate of drug-likeness (QED) is 0.545. The lowest BCUT2D eigenvalue weighted by atomic mass is 10.2. The largest absolute Gasteiger partial charge is 0.466 e. The molecule has 0 radical (unpaired) electrons. The van der Waals surface area contributed by atoms with Crippen LogP contribution >= 0.6 is 0 Å². The third kappa shape index (κ3) is 4.96. The molecule has 0 spiro atoms. The number of aliphatic imine (C=N–C) groups is 1. The van der Waals surface area contributed by atoms with E-state index in [1.807, 2.05) is 30.3 Å². The number of esters is 1. The average molecular weight is 205 g/mol. The summed E-state index contributed by atoms with van der Waals surface area (Å²) in [5.41, 5.74) is 1.04. The molecular formula is C12H15NO2. The van der Waals surface area contributed by atoms with Crippen molar-refractivity contribution < 1.29 is 9.53 Å². The first-order valence-corrected chi connectivity index (χ1v) is 5.03. The molecule has 3 nitrogen and oxygen atoms in total. The smallest absolute Gasteiger partial charge is 0.307 e. The number of benzene rings is 1. The van der Waals surface area contributed by atoms with Crippen molar-refractivity contribution in [3.8, 4) is 0 Å². The van der Waals surface area contributed by atoms with E-state index in [1.54, 1.807) is 13.1 Å². The van der Waals surface area contributed by atoms with Gasteiger partial charge in [0.1, 0.15) is 0 Å². The molecular weight excluding hydrogens is 190 g/mol. The van der Waals surface area contributed by atoms with Crippen LogP contribution in [0.1, 0.15) is 18.9 Å². The first-order valence-electron chi connectivity index (χ1n) is 5.03. The lowest BCUT2D eigenvalue weighted by Gasteiger charge is -1.97. The van der Waals surface area contributed by atoms with Gasteiger partial charge in [-0.1, -0.05) is 30.3 Å². The second kappa shape index (κ2) is 6.76. The molecule has 0 saturated carbocycles. The van der Waals surface area contributed by atoms with E-state index in [4.69, 9.17) is 4.74 Å². The van der Waals surface area contributed by atoms with Crippen molar-refractivity contribution in [2.45, 2.75) is 13.3 Å². The summed E-state index contributed by atoms with van der Waals surface area (Å²) in [5, 5.41) is 0. The van der Waals surface area contributed by atoms with E-state index in [0.717, 1.165) is 5.56 Å². The van der Waals surface area contributed by atoms with Gasteiger partial charge in [0.25, 0.3) is 0 Å². The highest BCUT2D eigenvalue weighted by Gasteiger charge is 1.98. The molecule has 0 atom stereocenters. The third-order valence-electron chi connectivity index (χ3n) is 1.79. The van der Waals surface area contributed by atoms with E-state index >= 15 is 0 Å². The molecule has 0 aromatic heterocycles. The minimum atomic E-state index is -0.192. The van der Waals surface area contributed by atoms with E-state index in [2.05, 4.69) is 4.99 Å². The zero-order chi connectivity index (χ0) is 10.9. The predicted octanol–water partition coefficient (Wildman–Crippen LogP) is 2.06. The van der Waals surface area contributed by atoms with Crippen molar-refractivity contribution >= 4 is 12.2 Å². The fourth-order valence-electron chi connectivity index (χ4n) is 1.10. The lowest BCUT2D eigenvalue weighted by Crippen LogP contribution is -2.05. The van der Waals surface area contributed by atoms with Crippen molar-refractivity contribution in [1.82, 2.24) is 0 Å². The van der Waals surface area contributed by atoms with Crippen LogP contribution in [0.2, 0.25) is 0 Å². The Balaban J connectivity index is 2.26. The molecule has 3 heteroatoms. The fourth-order valence-corrected chi connectivity index (χ4v) is 1.10. The van der Waals surface area contributed by atoms with Crippen LogP contribution in [0.25, 0.3) is 0 Å². The van der Waals surface area contributed by atoms with E-state index in [1.165, 1.54) is 0 Å². The van der Waals surface area contributed by atoms with Gasteiger partial charge in [-0.15, -0.1) is 0 Å². The number of ether oxygens (including phenoxy) is 1. The second-order valence-corrected chi connectivity index (χ2v) is 3.00. The maximum Gasteiger partial charge on any atom is 0.307 e. The minimum Gasteiger partial charge on any atom is -0.466 e. The summed E-state index contributed by atoms with van der Waals surface area (Å²) in [7, 11) is 0. The van der Waals surface area contributed by atoms with Gasteiger partial charge in [-0.3, -0.25) is 9.79 Å². The Morgan fingerprint density at radius 3 is 2.80 bits per heavy atom. The molecule has 0 heterocycles. The zero-order valence-electron chi connectivity index (χ0n) is 8.85. The van der Waals surface area contributed by atoms with Crippen molar-refractivity contribution in [3.05, 3.63) is 35.9 Å². The summed E-state index contributed by atoms with van der Waals surface area (Å²) >= 11 is 0. The Bertz CT molecular complexity index is 320. The summed E-state index contributed by atoms with van der Waals surface area (Å²) in [6, 6.07) is 9.79. The van der Waals surface area contributed by atoms with Crippen LogP contribution in [0.3, 0.4) is 0 Å². The van der Waals surface area contributed by atoms with Gasteiger partial charge in [0.15, 0.2) is 0 Å². The molecule has 1 rings (SSSR count). The van der Waals surface area contributed by atoms with Gasteiger partial charge in [0.2, 0.25) is 0 Å². The molecule has 0 amide bonds. The zero-order valence-corrected chi connectivity index (χ0v) is 8.85. The minimum absolute atomic E-state index is 0.192. The summed E-state index contributed by atoms with van der Waals surface area (Å²) in [4.78, 5) is 15.1. The van der Waals surface area contributed by atoms with Crippen LogP contribution in [0, 0.1) is 0 Å². The molecule has 1 aromatic carbocycles. The molecule has 80 valence electrons. The van der Waals surface area contributed by atoms with Gasteiger partial charge in [0.05, 0.1) is 13.0 Å². The molecule has 15 heavy (non-hydrogen) atoms. The summed E-state index contributed by atoms with van der Waals surface area (Å²) in [6.07, 6.45) is 2.11. The predicted molar refractivity (Wildman–Crippen MR) is 60.2 cm³/mol. The highest BCUT2D eigenvalue weighted by atomic mass is 16.5. The molecule has 0 bridgehead atoms. The number of nitrogens with zero attached hydrogens (tertiary/aromatic N) is 1. The molecule has 0 aliphatic rings. The second-order valence-electron chi connectivity index (χ2n) is 3.00. The molecule has 0 aliphatic heterocycles. The molecule has 1 aromatic rings. The van der Waals surface area contributed by atoms with Crippen molar-refractivity contribution in [3.63, 3.8) is 0 Å². The number of rotatable bonds is 5. The molecule has 0 N–H and O–H groups in total. The van der Waals surface area contributed by atoms with Gasteiger partial charge < -0.3 is 4.74 Å². The monoisotopic (exact) mass is 205 g/mol. The maximum absolute atomic E-state index is 11.0. The SMILES string of the molecule is CCOC(=O)CC/N=C/c1ccccc1. The molecule has 0 saturated heterocycles. The summed E-state index contributed by atoms with van der Waals surface area (Å²) in [6.45, 7) is 2.71. The van der Waals surface area contributed by atoms with Gasteiger partial charge in [-0.05, 0) is 12.5 Å². The first kappa shape index (κ1) is 11.4. The van der Waals surface area contributed by atoms with Gasteiger partial charge in [0, 0.05) is 12.8 Å². The number of carbonyl (C=O) groups is 1. The first-order chi connectivity index (χ1) is 7.33. The van der Waals surface area contributed by atoms with Crippen LogP contribution in [-0.2, 0) is 9.53 Å². The van der Waals surface area contributed by atoms with E-state index in [9.17, 15) is 4.79 Å². The summed E-state index contributed by atoms with van der Waals surface area (Å²) in [5.74, 6) is -0.192. The number of hydrogen-bond donors (Lipinski definition) is 0. The van der Waals surface area contributed by atoms with Crippen LogP contribution in [0.4, 0.5) is 0 Å². The van der Waals surface area contributed by atoms with Crippen molar-refractivity contribution in [1.29, 1.82) is 0 Å². The Morgan fingerprint density at radius 1 is 1.40 bits per heavy atom. The van der Waals surface area contributed by atoms with Gasteiger partial charge in [-0.25, -0.2) is 0 Å². The van der Waals surface area contributed by atoms with E-state index in [-0.39, 0.29) is 5.97 Å². The van der Waals surface area contributed by atoms with Gasteiger partial charge >= 0.3 is 5.97 Å². The van der Waals surface area contributed by atoms with Crippen LogP contribution < -0.4 is 0 Å². The van der Waals surface area contributed by atoms with Crippen molar-refractivity contribution in [2.24, 2.45) is 4.99 Å². The lowest BCUT2D eigenvalue weighted by molar-refractivity contribution is -0.142. The van der Waals surface area contributed by atoms with Crippen molar-refractivity contribution in [2.75, 3.05) is 13.2 Å². The highest BCUT2D eigenvalue weighted by Crippen LogP contribution is 1.94. The third-order valence-corrected chi connectivity index (χ3v) is 1.79. The molecule has 0 aliphatic carbocycles.